The Kier molecular flexibility index (Phi) is 8.30. The number of rotatable bonds is 6. The van der Waals surface area contributed by atoms with Crippen LogP contribution in [0.25, 0.3) is 11.3 Å². The fourth-order valence-electron chi connectivity index (χ4n) is 8.51. The first-order chi connectivity index (χ1) is 22.7. The Balaban J connectivity index is 1.51. The Morgan fingerprint density at radius 2 is 1.81 bits per heavy atom. The molecule has 0 aromatic carbocycles. The zero-order chi connectivity index (χ0) is 34.6. The molecule has 0 radical (unpaired) electrons. The van der Waals surface area contributed by atoms with Gasteiger partial charge in [0, 0.05) is 55.3 Å². The van der Waals surface area contributed by atoms with Gasteiger partial charge >= 0.3 is 29.2 Å². The molecule has 1 N–H and O–H groups in total. The molecule has 0 unspecified atom stereocenters. The molecule has 254 valence electrons. The van der Waals surface area contributed by atoms with E-state index in [2.05, 4.69) is 4.98 Å². The molecule has 3 aliphatic rings. The first-order valence-corrected chi connectivity index (χ1v) is 15.7. The molecule has 2 saturated carbocycles. The van der Waals surface area contributed by atoms with Crippen LogP contribution in [0.3, 0.4) is 0 Å². The Bertz CT molecular complexity index is 1850. The van der Waals surface area contributed by atoms with Crippen molar-refractivity contribution in [2.75, 3.05) is 6.61 Å². The highest BCUT2D eigenvalue weighted by Crippen LogP contribution is 2.67. The van der Waals surface area contributed by atoms with Gasteiger partial charge in [-0.3, -0.25) is 14.6 Å². The van der Waals surface area contributed by atoms with Gasteiger partial charge in [0.15, 0.2) is 0 Å². The van der Waals surface area contributed by atoms with Gasteiger partial charge in [0.1, 0.15) is 47.8 Å². The second-order valence-corrected chi connectivity index (χ2v) is 13.6. The fraction of sp³-hybridized carbons (Fsp3) is 0.486. The Hall–Kier alpha value is -4.78. The molecule has 48 heavy (non-hydrogen) atoms. The zero-order valence-electron chi connectivity index (χ0n) is 27.2. The van der Waals surface area contributed by atoms with Crippen LogP contribution in [-0.2, 0) is 23.8 Å². The van der Waals surface area contributed by atoms with Crippen LogP contribution in [0.4, 0.5) is 0 Å². The maximum Gasteiger partial charge on any atom is 0.345 e. The molecular weight excluding hydrogens is 626 g/mol. The summed E-state index contributed by atoms with van der Waals surface area (Å²) < 4.78 is 34.8. The van der Waals surface area contributed by atoms with Crippen LogP contribution in [-0.4, -0.2) is 52.4 Å². The predicted octanol–water partition coefficient (Wildman–Crippen LogP) is 4.00. The molecule has 3 aromatic heterocycles. The Morgan fingerprint density at radius 1 is 1.04 bits per heavy atom. The molecule has 2 aliphatic carbocycles. The molecule has 1 aliphatic heterocycles. The molecule has 2 fully saturated rings. The molecule has 0 bridgehead atoms. The lowest BCUT2D eigenvalue weighted by Crippen LogP contribution is -2.71. The van der Waals surface area contributed by atoms with Gasteiger partial charge in [0.25, 0.3) is 0 Å². The minimum atomic E-state index is -1.44. The number of ether oxygens (including phenoxy) is 4. The SMILES string of the molecule is CC(=O)OC[C@@]1(C)[C@@H]2C[C@H](OC(=O)c3ccc(=O)oc3)[C@@]3(C)Oc4cc(-c5cccnc5)oc(=O)c4[C@H](O)[C@@H]3[C@@]2(C)CC[C@@H]1OC(C)=O. The number of pyridine rings is 1. The first kappa shape index (κ1) is 33.1. The summed E-state index contributed by atoms with van der Waals surface area (Å²) in [6, 6.07) is 7.28. The largest absolute Gasteiger partial charge is 0.482 e. The highest BCUT2D eigenvalue weighted by Gasteiger charge is 2.71. The number of carbonyl (C=O) groups excluding carboxylic acids is 3. The summed E-state index contributed by atoms with van der Waals surface area (Å²) in [7, 11) is 0. The van der Waals surface area contributed by atoms with Gasteiger partial charge in [-0.2, -0.15) is 0 Å². The van der Waals surface area contributed by atoms with Gasteiger partial charge in [0.05, 0.1) is 11.7 Å². The normalized spacial score (nSPS) is 32.0. The molecule has 8 atom stereocenters. The monoisotopic (exact) mass is 663 g/mol. The summed E-state index contributed by atoms with van der Waals surface area (Å²) in [5.41, 5.74) is -4.30. The van der Waals surface area contributed by atoms with E-state index in [9.17, 15) is 29.1 Å². The van der Waals surface area contributed by atoms with E-state index >= 15 is 0 Å². The number of fused-ring (bicyclic) bond motifs is 4. The van der Waals surface area contributed by atoms with Gasteiger partial charge in [-0.25, -0.2) is 14.4 Å². The van der Waals surface area contributed by atoms with Gasteiger partial charge in [-0.1, -0.05) is 13.8 Å². The third-order valence-corrected chi connectivity index (χ3v) is 10.6. The molecular formula is C35H37NO12. The number of esters is 3. The third kappa shape index (κ3) is 5.49. The summed E-state index contributed by atoms with van der Waals surface area (Å²) in [6.07, 6.45) is 1.83. The lowest BCUT2D eigenvalue weighted by Gasteiger charge is -2.66. The van der Waals surface area contributed by atoms with Crippen molar-refractivity contribution < 1.29 is 47.3 Å². The van der Waals surface area contributed by atoms with Crippen LogP contribution >= 0.6 is 0 Å². The van der Waals surface area contributed by atoms with Crippen LogP contribution in [0, 0.1) is 22.7 Å². The number of carbonyl (C=O) groups is 3. The van der Waals surface area contributed by atoms with Crippen molar-refractivity contribution in [3.8, 4) is 17.1 Å². The smallest absolute Gasteiger partial charge is 0.345 e. The molecule has 0 saturated heterocycles. The topological polar surface area (TPSA) is 182 Å². The quantitative estimate of drug-likeness (QED) is 0.295. The van der Waals surface area contributed by atoms with Crippen molar-refractivity contribution in [2.24, 2.45) is 22.7 Å². The number of aromatic nitrogens is 1. The standard InChI is InChI=1S/C35H37NO12/c1-18(37)44-17-34(4)24-14-26(47-31(41)21-8-9-27(39)43-16-21)35(5)30(33(24,3)11-10-25(34)45-19(2)38)29(40)28-23(48-35)13-22(46-32(28)42)20-7-6-12-36-15-20/h6-9,12-13,15-16,24-26,29-30,40H,10-11,14,17H2,1-5H3/t24-,25+,26+,29+,30-,33+,34+,35-/m1/s1. The van der Waals surface area contributed by atoms with Crippen molar-refractivity contribution in [2.45, 2.75) is 77.8 Å². The van der Waals surface area contributed by atoms with Crippen LogP contribution in [0.5, 0.6) is 5.75 Å². The molecule has 0 spiro atoms. The van der Waals surface area contributed by atoms with E-state index in [1.807, 2.05) is 13.8 Å². The van der Waals surface area contributed by atoms with Crippen molar-refractivity contribution in [1.82, 2.24) is 4.98 Å². The number of aliphatic hydroxyl groups excluding tert-OH is 1. The molecule has 13 nitrogen and oxygen atoms in total. The second kappa shape index (κ2) is 12.0. The predicted molar refractivity (Wildman–Crippen MR) is 166 cm³/mol. The summed E-state index contributed by atoms with van der Waals surface area (Å²) in [4.78, 5) is 67.2. The summed E-state index contributed by atoms with van der Waals surface area (Å²) in [5, 5.41) is 12.3. The van der Waals surface area contributed by atoms with E-state index in [0.717, 1.165) is 12.3 Å². The van der Waals surface area contributed by atoms with E-state index in [-0.39, 0.29) is 35.7 Å². The van der Waals surface area contributed by atoms with Crippen LogP contribution in [0.2, 0.25) is 0 Å². The molecule has 4 heterocycles. The first-order valence-electron chi connectivity index (χ1n) is 15.7. The summed E-state index contributed by atoms with van der Waals surface area (Å²) in [5.74, 6) is -2.99. The number of hydrogen-bond acceptors (Lipinski definition) is 13. The molecule has 6 rings (SSSR count). The maximum atomic E-state index is 13.6. The maximum absolute atomic E-state index is 13.6. The second-order valence-electron chi connectivity index (χ2n) is 13.6. The van der Waals surface area contributed by atoms with Gasteiger partial charge in [0.2, 0.25) is 0 Å². The minimum absolute atomic E-state index is 0.0246. The third-order valence-electron chi connectivity index (χ3n) is 10.6. The molecule has 13 heteroatoms. The van der Waals surface area contributed by atoms with Gasteiger partial charge in [-0.15, -0.1) is 0 Å². The molecule has 0 amide bonds. The van der Waals surface area contributed by atoms with Crippen LogP contribution in [0.15, 0.2) is 67.4 Å². The van der Waals surface area contributed by atoms with E-state index in [4.69, 9.17) is 27.8 Å². The van der Waals surface area contributed by atoms with E-state index < -0.39 is 75.7 Å². The van der Waals surface area contributed by atoms with Crippen molar-refractivity contribution >= 4 is 17.9 Å². The average molecular weight is 664 g/mol. The van der Waals surface area contributed by atoms with Crippen LogP contribution in [0.1, 0.15) is 75.9 Å². The van der Waals surface area contributed by atoms with E-state index in [1.165, 1.54) is 32.2 Å². The molecule has 3 aromatic rings. The van der Waals surface area contributed by atoms with Crippen molar-refractivity contribution in [3.63, 3.8) is 0 Å². The van der Waals surface area contributed by atoms with Crippen LogP contribution < -0.4 is 16.0 Å². The Labute approximate surface area is 275 Å². The summed E-state index contributed by atoms with van der Waals surface area (Å²) in [6.45, 7) is 7.99. The lowest BCUT2D eigenvalue weighted by molar-refractivity contribution is -0.266. The average Bonchev–Trinajstić information content (AvgIpc) is 3.02. The van der Waals surface area contributed by atoms with Crippen molar-refractivity contribution in [1.29, 1.82) is 0 Å². The Morgan fingerprint density at radius 3 is 2.46 bits per heavy atom. The zero-order valence-corrected chi connectivity index (χ0v) is 27.2. The summed E-state index contributed by atoms with van der Waals surface area (Å²) >= 11 is 0. The van der Waals surface area contributed by atoms with E-state index in [0.29, 0.717) is 18.4 Å². The van der Waals surface area contributed by atoms with E-state index in [1.54, 1.807) is 25.3 Å². The van der Waals surface area contributed by atoms with Gasteiger partial charge < -0.3 is 32.9 Å². The van der Waals surface area contributed by atoms with Gasteiger partial charge in [-0.05, 0) is 55.7 Å². The minimum Gasteiger partial charge on any atom is -0.482 e. The number of nitrogens with zero attached hydrogens (tertiary/aromatic N) is 1. The highest BCUT2D eigenvalue weighted by atomic mass is 16.6. The number of hydrogen-bond donors (Lipinski definition) is 1. The highest BCUT2D eigenvalue weighted by molar-refractivity contribution is 5.89. The van der Waals surface area contributed by atoms with Crippen molar-refractivity contribution in [3.05, 3.63) is 81.0 Å². The fourth-order valence-corrected chi connectivity index (χ4v) is 8.51. The lowest BCUT2D eigenvalue weighted by atomic mass is 9.42. The number of aliphatic hydroxyl groups is 1.